The molecule has 0 bridgehead atoms. The van der Waals surface area contributed by atoms with Gasteiger partial charge in [-0.3, -0.25) is 0 Å². The van der Waals surface area contributed by atoms with Gasteiger partial charge in [0.15, 0.2) is 12.2 Å². The molecule has 2 aromatic carbocycles. The second kappa shape index (κ2) is 20.2. The number of phenols is 2. The van der Waals surface area contributed by atoms with Gasteiger partial charge in [0.1, 0.15) is 49.4 Å². The number of hydrogen-bond acceptors (Lipinski definition) is 12. The van der Waals surface area contributed by atoms with Crippen LogP contribution in [-0.4, -0.2) is 86.1 Å². The summed E-state index contributed by atoms with van der Waals surface area (Å²) < 4.78 is 32.6. The van der Waals surface area contributed by atoms with E-state index in [2.05, 4.69) is 23.8 Å². The van der Waals surface area contributed by atoms with E-state index in [-0.39, 0.29) is 60.9 Å². The van der Waals surface area contributed by atoms with Crippen LogP contribution >= 0.6 is 0 Å². The number of benzene rings is 2. The standard InChI is InChI=1S/C36H46N2O12/c1-23(2)33(41)47-21-31(19-45-29-13-9-27(39)10-14-29)49-35(43)37-17-25-5-7-26(8-6-25)18-38-36(44)50-32(22-48-34(42)24(3)4)20-46-30-15-11-28(40)12-16-30/h9-16,25-26,31-32,39-40H,1,3,5-8,17-22H2,2,4H3,(H,37,43)(H,38,44). The molecule has 3 rings (SSSR count). The first-order valence-corrected chi connectivity index (χ1v) is 16.3. The Morgan fingerprint density at radius 3 is 1.30 bits per heavy atom. The number of rotatable bonds is 18. The Morgan fingerprint density at radius 1 is 0.640 bits per heavy atom. The molecule has 272 valence electrons. The van der Waals surface area contributed by atoms with Gasteiger partial charge >= 0.3 is 24.1 Å². The number of esters is 2. The normalized spacial score (nSPS) is 16.4. The number of alkyl carbamates (subject to hydrolysis) is 2. The third-order valence-electron chi connectivity index (χ3n) is 7.63. The molecule has 2 amide bonds. The fourth-order valence-electron chi connectivity index (χ4n) is 4.76. The van der Waals surface area contributed by atoms with E-state index >= 15 is 0 Å². The molecule has 1 saturated carbocycles. The Labute approximate surface area is 291 Å². The molecule has 2 unspecified atom stereocenters. The SMILES string of the molecule is C=C(C)C(=O)OCC(COc1ccc(O)cc1)OC(=O)NCC1CCC(CNC(=O)OC(COC(=O)C(=C)C)COc2ccc(O)cc2)CC1. The van der Waals surface area contributed by atoms with E-state index in [0.29, 0.717) is 24.6 Å². The van der Waals surface area contributed by atoms with E-state index in [1.165, 1.54) is 38.1 Å². The minimum absolute atomic E-state index is 0.0754. The van der Waals surface area contributed by atoms with Crippen molar-refractivity contribution >= 4 is 24.1 Å². The van der Waals surface area contributed by atoms with Crippen molar-refractivity contribution in [2.75, 3.05) is 39.5 Å². The number of nitrogens with one attached hydrogen (secondary N) is 2. The highest BCUT2D eigenvalue weighted by Gasteiger charge is 2.25. The summed E-state index contributed by atoms with van der Waals surface area (Å²) in [6.45, 7) is 10.2. The van der Waals surface area contributed by atoms with Gasteiger partial charge in [0.25, 0.3) is 0 Å². The lowest BCUT2D eigenvalue weighted by Gasteiger charge is -2.29. The number of aromatic hydroxyl groups is 2. The summed E-state index contributed by atoms with van der Waals surface area (Å²) in [6.07, 6.45) is 0.0873. The van der Waals surface area contributed by atoms with Crippen molar-refractivity contribution in [1.29, 1.82) is 0 Å². The van der Waals surface area contributed by atoms with Crippen LogP contribution in [0.4, 0.5) is 9.59 Å². The van der Waals surface area contributed by atoms with Gasteiger partial charge in [0.2, 0.25) is 0 Å². The molecule has 14 nitrogen and oxygen atoms in total. The van der Waals surface area contributed by atoms with Crippen LogP contribution in [0.3, 0.4) is 0 Å². The Kier molecular flexibility index (Phi) is 15.8. The van der Waals surface area contributed by atoms with Crippen LogP contribution in [0.1, 0.15) is 39.5 Å². The van der Waals surface area contributed by atoms with Crippen molar-refractivity contribution in [2.45, 2.75) is 51.7 Å². The van der Waals surface area contributed by atoms with Gasteiger partial charge in [-0.05, 0) is 99.9 Å². The van der Waals surface area contributed by atoms with E-state index in [1.54, 1.807) is 24.3 Å². The fraction of sp³-hybridized carbons (Fsp3) is 0.444. The largest absolute Gasteiger partial charge is 0.508 e. The summed E-state index contributed by atoms with van der Waals surface area (Å²) in [5.74, 6) is 0.180. The van der Waals surface area contributed by atoms with Crippen LogP contribution in [-0.2, 0) is 28.5 Å². The topological polar surface area (TPSA) is 188 Å². The van der Waals surface area contributed by atoms with Crippen molar-refractivity contribution in [2.24, 2.45) is 11.8 Å². The van der Waals surface area contributed by atoms with Gasteiger partial charge in [0.05, 0.1) is 0 Å². The molecule has 1 fully saturated rings. The molecule has 50 heavy (non-hydrogen) atoms. The Balaban J connectivity index is 1.39. The lowest BCUT2D eigenvalue weighted by atomic mass is 9.82. The minimum Gasteiger partial charge on any atom is -0.508 e. The molecule has 0 aliphatic heterocycles. The quantitative estimate of drug-likeness (QED) is 0.0948. The number of amides is 2. The fourth-order valence-corrected chi connectivity index (χ4v) is 4.76. The molecule has 0 spiro atoms. The zero-order chi connectivity index (χ0) is 36.5. The molecule has 0 aromatic heterocycles. The Bertz CT molecular complexity index is 1330. The Morgan fingerprint density at radius 2 is 0.980 bits per heavy atom. The molecule has 2 atom stereocenters. The highest BCUT2D eigenvalue weighted by Crippen LogP contribution is 2.28. The second-order valence-electron chi connectivity index (χ2n) is 12.1. The summed E-state index contributed by atoms with van der Waals surface area (Å²) in [5, 5.41) is 24.5. The van der Waals surface area contributed by atoms with Crippen molar-refractivity contribution in [1.82, 2.24) is 10.6 Å². The third kappa shape index (κ3) is 14.8. The maximum Gasteiger partial charge on any atom is 0.407 e. The van der Waals surface area contributed by atoms with Crippen LogP contribution in [0, 0.1) is 11.8 Å². The lowest BCUT2D eigenvalue weighted by Crippen LogP contribution is -2.39. The van der Waals surface area contributed by atoms with Crippen molar-refractivity contribution < 1.29 is 57.8 Å². The molecule has 1 aliphatic carbocycles. The predicted molar refractivity (Wildman–Crippen MR) is 181 cm³/mol. The number of ether oxygens (including phenoxy) is 6. The average Bonchev–Trinajstić information content (AvgIpc) is 3.10. The van der Waals surface area contributed by atoms with Crippen LogP contribution in [0.5, 0.6) is 23.0 Å². The molecule has 4 N–H and O–H groups in total. The molecular weight excluding hydrogens is 652 g/mol. The molecule has 0 heterocycles. The number of carbonyl (C=O) groups excluding carboxylic acids is 4. The summed E-state index contributed by atoms with van der Waals surface area (Å²) in [7, 11) is 0. The first-order valence-electron chi connectivity index (χ1n) is 16.3. The molecule has 14 heteroatoms. The smallest absolute Gasteiger partial charge is 0.407 e. The van der Waals surface area contributed by atoms with E-state index in [0.717, 1.165) is 25.7 Å². The zero-order valence-corrected chi connectivity index (χ0v) is 28.4. The van der Waals surface area contributed by atoms with E-state index in [4.69, 9.17) is 28.4 Å². The highest BCUT2D eigenvalue weighted by molar-refractivity contribution is 5.87. The van der Waals surface area contributed by atoms with Crippen LogP contribution in [0.2, 0.25) is 0 Å². The van der Waals surface area contributed by atoms with Gasteiger partial charge < -0.3 is 49.3 Å². The van der Waals surface area contributed by atoms with Crippen LogP contribution in [0.25, 0.3) is 0 Å². The van der Waals surface area contributed by atoms with Crippen LogP contribution < -0.4 is 20.1 Å². The molecule has 2 aromatic rings. The third-order valence-corrected chi connectivity index (χ3v) is 7.63. The number of hydrogen-bond donors (Lipinski definition) is 4. The summed E-state index contributed by atoms with van der Waals surface area (Å²) in [4.78, 5) is 49.0. The first-order chi connectivity index (χ1) is 23.9. The van der Waals surface area contributed by atoms with Crippen molar-refractivity contribution in [3.05, 3.63) is 72.8 Å². The zero-order valence-electron chi connectivity index (χ0n) is 28.4. The summed E-state index contributed by atoms with van der Waals surface area (Å²) in [6, 6.07) is 12.0. The van der Waals surface area contributed by atoms with E-state index in [1.807, 2.05) is 0 Å². The maximum atomic E-state index is 12.6. The predicted octanol–water partition coefficient (Wildman–Crippen LogP) is 4.79. The van der Waals surface area contributed by atoms with Crippen molar-refractivity contribution in [3.63, 3.8) is 0 Å². The second-order valence-corrected chi connectivity index (χ2v) is 12.1. The summed E-state index contributed by atoms with van der Waals surface area (Å²) in [5.41, 5.74) is 0.412. The van der Waals surface area contributed by atoms with E-state index in [9.17, 15) is 29.4 Å². The molecule has 1 aliphatic rings. The van der Waals surface area contributed by atoms with Gasteiger partial charge in [-0.1, -0.05) is 13.2 Å². The van der Waals surface area contributed by atoms with Gasteiger partial charge in [-0.2, -0.15) is 0 Å². The monoisotopic (exact) mass is 698 g/mol. The molecule has 0 radical (unpaired) electrons. The van der Waals surface area contributed by atoms with Crippen LogP contribution in [0.15, 0.2) is 72.8 Å². The molecule has 0 saturated heterocycles. The number of phenolic OH excluding ortho intramolecular Hbond substituents is 2. The Hall–Kier alpha value is -5.40. The number of carbonyl (C=O) groups is 4. The highest BCUT2D eigenvalue weighted by atomic mass is 16.6. The lowest BCUT2D eigenvalue weighted by molar-refractivity contribution is -0.143. The van der Waals surface area contributed by atoms with E-state index < -0.39 is 36.3 Å². The van der Waals surface area contributed by atoms with Gasteiger partial charge in [0, 0.05) is 24.2 Å². The summed E-state index contributed by atoms with van der Waals surface area (Å²) >= 11 is 0. The minimum atomic E-state index is -0.897. The van der Waals surface area contributed by atoms with Gasteiger partial charge in [-0.15, -0.1) is 0 Å². The van der Waals surface area contributed by atoms with Crippen molar-refractivity contribution in [3.8, 4) is 23.0 Å². The molecular formula is C36H46N2O12. The average molecular weight is 699 g/mol. The maximum absolute atomic E-state index is 12.6. The first kappa shape index (κ1) is 39.0. The van der Waals surface area contributed by atoms with Gasteiger partial charge in [-0.25, -0.2) is 19.2 Å².